The zero-order valence-corrected chi connectivity index (χ0v) is 8.54. The summed E-state index contributed by atoms with van der Waals surface area (Å²) < 4.78 is 10.8. The second-order valence-corrected chi connectivity index (χ2v) is 4.16. The summed E-state index contributed by atoms with van der Waals surface area (Å²) >= 11 is 0. The van der Waals surface area contributed by atoms with E-state index < -0.39 is 0 Å². The van der Waals surface area contributed by atoms with Crippen LogP contribution >= 0.6 is 0 Å². The Balaban J connectivity index is 1.62. The highest BCUT2D eigenvalue weighted by Crippen LogP contribution is 2.28. The molecule has 1 aliphatic heterocycles. The minimum Gasteiger partial charge on any atom is -0.353 e. The van der Waals surface area contributed by atoms with Crippen molar-refractivity contribution in [3.63, 3.8) is 0 Å². The van der Waals surface area contributed by atoms with Gasteiger partial charge in [-0.05, 0) is 19.3 Å². The lowest BCUT2D eigenvalue weighted by atomic mass is 9.81. The minimum absolute atomic E-state index is 0.118. The molecular formula is C11H18O3. The lowest BCUT2D eigenvalue weighted by Gasteiger charge is -2.26. The third-order valence-corrected chi connectivity index (χ3v) is 3.08. The van der Waals surface area contributed by atoms with Gasteiger partial charge in [-0.15, -0.1) is 0 Å². The van der Waals surface area contributed by atoms with Gasteiger partial charge in [-0.3, -0.25) is 4.79 Å². The van der Waals surface area contributed by atoms with Crippen LogP contribution in [0.15, 0.2) is 0 Å². The fraction of sp³-hybridized carbons (Fsp3) is 0.909. The van der Waals surface area contributed by atoms with Crippen LogP contribution in [0.3, 0.4) is 0 Å². The predicted molar refractivity (Wildman–Crippen MR) is 51.9 cm³/mol. The molecule has 0 spiro atoms. The van der Waals surface area contributed by atoms with E-state index in [4.69, 9.17) is 9.47 Å². The molecule has 3 nitrogen and oxygen atoms in total. The molecule has 0 atom stereocenters. The van der Waals surface area contributed by atoms with E-state index in [-0.39, 0.29) is 6.29 Å². The van der Waals surface area contributed by atoms with E-state index in [1.807, 2.05) is 0 Å². The van der Waals surface area contributed by atoms with E-state index >= 15 is 0 Å². The number of carbonyl (C=O) groups excluding carboxylic acids is 1. The first-order chi connectivity index (χ1) is 6.86. The lowest BCUT2D eigenvalue weighted by Crippen LogP contribution is -2.27. The highest BCUT2D eigenvalue weighted by molar-refractivity contribution is 5.81. The van der Waals surface area contributed by atoms with Gasteiger partial charge < -0.3 is 9.47 Å². The largest absolute Gasteiger partial charge is 0.353 e. The molecule has 2 fully saturated rings. The van der Waals surface area contributed by atoms with Crippen LogP contribution in [0.2, 0.25) is 0 Å². The van der Waals surface area contributed by atoms with Crippen LogP contribution in [0, 0.1) is 5.92 Å². The van der Waals surface area contributed by atoms with Crippen LogP contribution in [-0.4, -0.2) is 25.3 Å². The SMILES string of the molecule is O=C(CCC1OCCCO1)C1CCC1. The normalized spacial score (nSPS) is 24.6. The number of carbonyl (C=O) groups is 1. The maximum atomic E-state index is 11.6. The Morgan fingerprint density at radius 3 is 2.43 bits per heavy atom. The van der Waals surface area contributed by atoms with Crippen molar-refractivity contribution < 1.29 is 14.3 Å². The van der Waals surface area contributed by atoms with Crippen LogP contribution in [0.5, 0.6) is 0 Å². The van der Waals surface area contributed by atoms with Gasteiger partial charge >= 0.3 is 0 Å². The predicted octanol–water partition coefficient (Wildman–Crippen LogP) is 1.90. The highest BCUT2D eigenvalue weighted by atomic mass is 16.7. The zero-order chi connectivity index (χ0) is 9.80. The second-order valence-electron chi connectivity index (χ2n) is 4.16. The van der Waals surface area contributed by atoms with Crippen molar-refractivity contribution in [1.82, 2.24) is 0 Å². The Bertz CT molecular complexity index is 193. The molecule has 0 radical (unpaired) electrons. The lowest BCUT2D eigenvalue weighted by molar-refractivity contribution is -0.182. The summed E-state index contributed by atoms with van der Waals surface area (Å²) in [6, 6.07) is 0. The third kappa shape index (κ3) is 2.55. The maximum absolute atomic E-state index is 11.6. The van der Waals surface area contributed by atoms with Crippen LogP contribution in [0.4, 0.5) is 0 Å². The smallest absolute Gasteiger partial charge is 0.157 e. The number of rotatable bonds is 4. The standard InChI is InChI=1S/C11H18O3/c12-10(9-3-1-4-9)5-6-11-13-7-2-8-14-11/h9,11H,1-8H2. The fourth-order valence-electron chi connectivity index (χ4n) is 1.90. The molecule has 0 N–H and O–H groups in total. The van der Waals surface area contributed by atoms with Crippen LogP contribution in [-0.2, 0) is 14.3 Å². The molecule has 1 saturated carbocycles. The summed E-state index contributed by atoms with van der Waals surface area (Å²) in [5.74, 6) is 0.771. The van der Waals surface area contributed by atoms with Crippen LogP contribution in [0.1, 0.15) is 38.5 Å². The van der Waals surface area contributed by atoms with Gasteiger partial charge in [-0.1, -0.05) is 6.42 Å². The number of hydrogen-bond donors (Lipinski definition) is 0. The van der Waals surface area contributed by atoms with Crippen LogP contribution in [0.25, 0.3) is 0 Å². The summed E-state index contributed by atoms with van der Waals surface area (Å²) in [5.41, 5.74) is 0. The van der Waals surface area contributed by atoms with E-state index in [2.05, 4.69) is 0 Å². The number of Topliss-reactive ketones (excluding diaryl/α,β-unsaturated/α-hetero) is 1. The molecule has 0 bridgehead atoms. The van der Waals surface area contributed by atoms with E-state index in [1.165, 1.54) is 6.42 Å². The average Bonchev–Trinajstić information content (AvgIpc) is 2.14. The quantitative estimate of drug-likeness (QED) is 0.692. The molecule has 1 saturated heterocycles. The highest BCUT2D eigenvalue weighted by Gasteiger charge is 2.25. The van der Waals surface area contributed by atoms with Crippen molar-refractivity contribution in [1.29, 1.82) is 0 Å². The van der Waals surface area contributed by atoms with Gasteiger partial charge in [0.1, 0.15) is 5.78 Å². The van der Waals surface area contributed by atoms with E-state index in [0.29, 0.717) is 18.1 Å². The zero-order valence-electron chi connectivity index (χ0n) is 8.54. The molecule has 0 unspecified atom stereocenters. The first kappa shape index (κ1) is 10.1. The van der Waals surface area contributed by atoms with Crippen molar-refractivity contribution in [3.05, 3.63) is 0 Å². The topological polar surface area (TPSA) is 35.5 Å². The summed E-state index contributed by atoms with van der Waals surface area (Å²) in [4.78, 5) is 11.6. The summed E-state index contributed by atoms with van der Waals surface area (Å²) in [6.07, 6.45) is 5.67. The van der Waals surface area contributed by atoms with E-state index in [0.717, 1.165) is 38.9 Å². The van der Waals surface area contributed by atoms with Crippen molar-refractivity contribution in [3.8, 4) is 0 Å². The molecule has 3 heteroatoms. The van der Waals surface area contributed by atoms with Gasteiger partial charge in [-0.25, -0.2) is 0 Å². The van der Waals surface area contributed by atoms with Gasteiger partial charge in [0.2, 0.25) is 0 Å². The van der Waals surface area contributed by atoms with Crippen molar-refractivity contribution in [2.45, 2.75) is 44.8 Å². The molecule has 14 heavy (non-hydrogen) atoms. The molecule has 2 aliphatic rings. The van der Waals surface area contributed by atoms with Gasteiger partial charge in [0, 0.05) is 18.8 Å². The van der Waals surface area contributed by atoms with E-state index in [1.54, 1.807) is 0 Å². The number of hydrogen-bond acceptors (Lipinski definition) is 3. The van der Waals surface area contributed by atoms with Crippen LogP contribution < -0.4 is 0 Å². The summed E-state index contributed by atoms with van der Waals surface area (Å²) in [6.45, 7) is 1.56. The van der Waals surface area contributed by atoms with Crippen molar-refractivity contribution in [2.75, 3.05) is 13.2 Å². The Morgan fingerprint density at radius 1 is 1.14 bits per heavy atom. The monoisotopic (exact) mass is 198 g/mol. The van der Waals surface area contributed by atoms with Crippen molar-refractivity contribution >= 4 is 5.78 Å². The molecule has 2 rings (SSSR count). The molecule has 0 aromatic carbocycles. The maximum Gasteiger partial charge on any atom is 0.157 e. The average molecular weight is 198 g/mol. The van der Waals surface area contributed by atoms with Gasteiger partial charge in [0.25, 0.3) is 0 Å². The van der Waals surface area contributed by atoms with Gasteiger partial charge in [0.05, 0.1) is 13.2 Å². The molecule has 80 valence electrons. The van der Waals surface area contributed by atoms with Crippen molar-refractivity contribution in [2.24, 2.45) is 5.92 Å². The molecule has 0 aromatic rings. The van der Waals surface area contributed by atoms with Gasteiger partial charge in [-0.2, -0.15) is 0 Å². The number of ether oxygens (including phenoxy) is 2. The third-order valence-electron chi connectivity index (χ3n) is 3.08. The minimum atomic E-state index is -0.118. The first-order valence-corrected chi connectivity index (χ1v) is 5.62. The number of ketones is 1. The van der Waals surface area contributed by atoms with E-state index in [9.17, 15) is 4.79 Å². The Morgan fingerprint density at radius 2 is 1.86 bits per heavy atom. The Labute approximate surface area is 84.8 Å². The summed E-state index contributed by atoms with van der Waals surface area (Å²) in [5, 5.41) is 0. The molecular weight excluding hydrogens is 180 g/mol. The first-order valence-electron chi connectivity index (χ1n) is 5.62. The molecule has 0 amide bonds. The fourth-order valence-corrected chi connectivity index (χ4v) is 1.90. The summed E-state index contributed by atoms with van der Waals surface area (Å²) in [7, 11) is 0. The molecule has 1 heterocycles. The van der Waals surface area contributed by atoms with Gasteiger partial charge in [0.15, 0.2) is 6.29 Å². The second kappa shape index (κ2) is 4.89. The molecule has 0 aromatic heterocycles. The Kier molecular flexibility index (Phi) is 3.54. The molecule has 1 aliphatic carbocycles. The Hall–Kier alpha value is -0.410.